The predicted molar refractivity (Wildman–Crippen MR) is 86.5 cm³/mol. The molecule has 0 aromatic carbocycles. The molecule has 2 aromatic rings. The molecule has 0 aliphatic carbocycles. The minimum Gasteiger partial charge on any atom is -0.385 e. The summed E-state index contributed by atoms with van der Waals surface area (Å²) in [6.07, 6.45) is 6.01. The molecule has 126 valence electrons. The summed E-state index contributed by atoms with van der Waals surface area (Å²) in [6, 6.07) is 0. The standard InChI is InChI=1S/C16H26N6O/c1-4-13-18-19-14(21(13)3)11-22-8-5-12(6-9-22)15(23)16-17-7-10-20(16)2/h7,10,12,15,23H,4-6,8-9,11H2,1-3H3. The van der Waals surface area contributed by atoms with E-state index >= 15 is 0 Å². The molecular weight excluding hydrogens is 292 g/mol. The number of nitrogens with zero attached hydrogens (tertiary/aromatic N) is 6. The van der Waals surface area contributed by atoms with E-state index < -0.39 is 6.10 Å². The number of aryl methyl sites for hydroxylation is 2. The van der Waals surface area contributed by atoms with E-state index in [0.717, 1.165) is 56.4 Å². The molecule has 3 heterocycles. The molecule has 1 unspecified atom stereocenters. The molecule has 1 aliphatic heterocycles. The van der Waals surface area contributed by atoms with Gasteiger partial charge in [0.2, 0.25) is 0 Å². The van der Waals surface area contributed by atoms with Gasteiger partial charge in [-0.3, -0.25) is 4.90 Å². The summed E-state index contributed by atoms with van der Waals surface area (Å²) >= 11 is 0. The van der Waals surface area contributed by atoms with Gasteiger partial charge in [-0.15, -0.1) is 10.2 Å². The van der Waals surface area contributed by atoms with Crippen molar-refractivity contribution in [1.82, 2.24) is 29.2 Å². The molecule has 1 atom stereocenters. The Bertz CT molecular complexity index is 641. The number of hydrogen-bond donors (Lipinski definition) is 1. The third-order valence-electron chi connectivity index (χ3n) is 4.94. The first-order valence-electron chi connectivity index (χ1n) is 8.35. The lowest BCUT2D eigenvalue weighted by molar-refractivity contribution is 0.0483. The van der Waals surface area contributed by atoms with E-state index in [2.05, 4.69) is 31.6 Å². The first-order chi connectivity index (χ1) is 11.1. The first-order valence-corrected chi connectivity index (χ1v) is 8.35. The predicted octanol–water partition coefficient (Wildman–Crippen LogP) is 1.06. The molecule has 0 spiro atoms. The molecular formula is C16H26N6O. The van der Waals surface area contributed by atoms with Crippen LogP contribution in [0.2, 0.25) is 0 Å². The fourth-order valence-electron chi connectivity index (χ4n) is 3.34. The third kappa shape index (κ3) is 3.30. The van der Waals surface area contributed by atoms with Crippen LogP contribution in [-0.2, 0) is 27.1 Å². The molecule has 1 aliphatic rings. The number of aliphatic hydroxyl groups is 1. The van der Waals surface area contributed by atoms with Crippen molar-refractivity contribution in [3.63, 3.8) is 0 Å². The van der Waals surface area contributed by atoms with E-state index in [1.807, 2.05) is 24.9 Å². The fourth-order valence-corrected chi connectivity index (χ4v) is 3.34. The summed E-state index contributed by atoms with van der Waals surface area (Å²) in [6.45, 7) is 4.87. The van der Waals surface area contributed by atoms with Crippen LogP contribution in [0, 0.1) is 5.92 Å². The Kier molecular flexibility index (Phi) is 4.77. The van der Waals surface area contributed by atoms with Crippen LogP contribution in [0.3, 0.4) is 0 Å². The van der Waals surface area contributed by atoms with Crippen molar-refractivity contribution in [2.24, 2.45) is 20.0 Å². The smallest absolute Gasteiger partial charge is 0.146 e. The van der Waals surface area contributed by atoms with Gasteiger partial charge in [0.05, 0.1) is 6.54 Å². The number of rotatable bonds is 5. The highest BCUT2D eigenvalue weighted by Crippen LogP contribution is 2.30. The highest BCUT2D eigenvalue weighted by Gasteiger charge is 2.28. The Hall–Kier alpha value is -1.73. The molecule has 0 radical (unpaired) electrons. The van der Waals surface area contributed by atoms with Gasteiger partial charge < -0.3 is 14.2 Å². The summed E-state index contributed by atoms with van der Waals surface area (Å²) in [7, 11) is 3.96. The third-order valence-corrected chi connectivity index (χ3v) is 4.94. The monoisotopic (exact) mass is 318 g/mol. The largest absolute Gasteiger partial charge is 0.385 e. The van der Waals surface area contributed by atoms with Gasteiger partial charge in [0, 0.05) is 32.9 Å². The van der Waals surface area contributed by atoms with Crippen LogP contribution in [0.4, 0.5) is 0 Å². The van der Waals surface area contributed by atoms with Crippen molar-refractivity contribution in [2.75, 3.05) is 13.1 Å². The lowest BCUT2D eigenvalue weighted by Gasteiger charge is -2.33. The maximum atomic E-state index is 10.5. The van der Waals surface area contributed by atoms with Crippen LogP contribution in [0.5, 0.6) is 0 Å². The second-order valence-corrected chi connectivity index (χ2v) is 6.40. The molecule has 0 amide bonds. The van der Waals surface area contributed by atoms with Gasteiger partial charge in [-0.1, -0.05) is 6.92 Å². The number of aromatic nitrogens is 5. The Balaban J connectivity index is 1.56. The van der Waals surface area contributed by atoms with E-state index in [-0.39, 0.29) is 5.92 Å². The van der Waals surface area contributed by atoms with Crippen molar-refractivity contribution < 1.29 is 5.11 Å². The quantitative estimate of drug-likeness (QED) is 0.892. The van der Waals surface area contributed by atoms with Gasteiger partial charge in [0.1, 0.15) is 23.6 Å². The van der Waals surface area contributed by atoms with E-state index in [1.54, 1.807) is 6.20 Å². The van der Waals surface area contributed by atoms with Gasteiger partial charge >= 0.3 is 0 Å². The maximum Gasteiger partial charge on any atom is 0.146 e. The zero-order valence-electron chi connectivity index (χ0n) is 14.2. The van der Waals surface area contributed by atoms with Crippen LogP contribution >= 0.6 is 0 Å². The van der Waals surface area contributed by atoms with Crippen LogP contribution < -0.4 is 0 Å². The van der Waals surface area contributed by atoms with E-state index in [0.29, 0.717) is 0 Å². The van der Waals surface area contributed by atoms with Gasteiger partial charge in [-0.2, -0.15) is 0 Å². The van der Waals surface area contributed by atoms with Crippen LogP contribution in [-0.4, -0.2) is 47.4 Å². The number of aliphatic hydroxyl groups excluding tert-OH is 1. The maximum absolute atomic E-state index is 10.5. The summed E-state index contributed by atoms with van der Waals surface area (Å²) in [5, 5.41) is 19.1. The normalized spacial score (nSPS) is 18.4. The van der Waals surface area contributed by atoms with Gasteiger partial charge in [0.25, 0.3) is 0 Å². The number of piperidine rings is 1. The Labute approximate surface area is 137 Å². The summed E-state index contributed by atoms with van der Waals surface area (Å²) in [5.41, 5.74) is 0. The lowest BCUT2D eigenvalue weighted by atomic mass is 9.90. The Morgan fingerprint density at radius 3 is 2.48 bits per heavy atom. The highest BCUT2D eigenvalue weighted by molar-refractivity contribution is 4.99. The topological polar surface area (TPSA) is 72.0 Å². The molecule has 7 heteroatoms. The summed E-state index contributed by atoms with van der Waals surface area (Å²) < 4.78 is 4.00. The van der Waals surface area contributed by atoms with E-state index in [1.165, 1.54) is 0 Å². The Morgan fingerprint density at radius 2 is 1.91 bits per heavy atom. The molecule has 1 fully saturated rings. The van der Waals surface area contributed by atoms with Crippen LogP contribution in [0.1, 0.15) is 43.3 Å². The van der Waals surface area contributed by atoms with E-state index in [9.17, 15) is 5.11 Å². The molecule has 0 saturated carbocycles. The second-order valence-electron chi connectivity index (χ2n) is 6.40. The van der Waals surface area contributed by atoms with Crippen molar-refractivity contribution in [2.45, 2.75) is 38.8 Å². The van der Waals surface area contributed by atoms with Gasteiger partial charge in [-0.05, 0) is 31.8 Å². The SMILES string of the molecule is CCc1nnc(CN2CCC(C(O)c3nccn3C)CC2)n1C. The minimum absolute atomic E-state index is 0.276. The molecule has 3 rings (SSSR count). The molecule has 0 bridgehead atoms. The molecule has 1 N–H and O–H groups in total. The van der Waals surface area contributed by atoms with Crippen LogP contribution in [0.25, 0.3) is 0 Å². The summed E-state index contributed by atoms with van der Waals surface area (Å²) in [4.78, 5) is 6.67. The average molecular weight is 318 g/mol. The molecule has 2 aromatic heterocycles. The van der Waals surface area contributed by atoms with Crippen molar-refractivity contribution in [3.05, 3.63) is 29.9 Å². The van der Waals surface area contributed by atoms with Gasteiger partial charge in [0.15, 0.2) is 0 Å². The Morgan fingerprint density at radius 1 is 1.22 bits per heavy atom. The van der Waals surface area contributed by atoms with Crippen molar-refractivity contribution in [1.29, 1.82) is 0 Å². The number of likely N-dealkylation sites (tertiary alicyclic amines) is 1. The molecule has 7 nitrogen and oxygen atoms in total. The second kappa shape index (κ2) is 6.80. The molecule has 1 saturated heterocycles. The highest BCUT2D eigenvalue weighted by atomic mass is 16.3. The zero-order valence-corrected chi connectivity index (χ0v) is 14.2. The first kappa shape index (κ1) is 16.1. The van der Waals surface area contributed by atoms with Crippen molar-refractivity contribution >= 4 is 0 Å². The molecule has 23 heavy (non-hydrogen) atoms. The minimum atomic E-state index is -0.473. The fraction of sp³-hybridized carbons (Fsp3) is 0.688. The number of hydrogen-bond acceptors (Lipinski definition) is 5. The van der Waals surface area contributed by atoms with Crippen LogP contribution in [0.15, 0.2) is 12.4 Å². The zero-order chi connectivity index (χ0) is 16.4. The lowest BCUT2D eigenvalue weighted by Crippen LogP contribution is -2.36. The average Bonchev–Trinajstić information content (AvgIpc) is 3.14. The van der Waals surface area contributed by atoms with Crippen molar-refractivity contribution in [3.8, 4) is 0 Å². The van der Waals surface area contributed by atoms with Gasteiger partial charge in [-0.25, -0.2) is 4.98 Å². The van der Waals surface area contributed by atoms with E-state index in [4.69, 9.17) is 0 Å². The summed E-state index contributed by atoms with van der Waals surface area (Å²) in [5.74, 6) is 3.09. The number of imidazole rings is 1.